The third-order valence-electron chi connectivity index (χ3n) is 5.08. The Morgan fingerprint density at radius 1 is 1.37 bits per heavy atom. The summed E-state index contributed by atoms with van der Waals surface area (Å²) >= 11 is 4.81. The van der Waals surface area contributed by atoms with Crippen LogP contribution in [0.25, 0.3) is 0 Å². The zero-order valence-electron chi connectivity index (χ0n) is 21.7. The van der Waals surface area contributed by atoms with Crippen molar-refractivity contribution in [3.63, 3.8) is 0 Å². The Kier molecular flexibility index (Phi) is 14.1. The molecule has 0 saturated carbocycles. The van der Waals surface area contributed by atoms with Gasteiger partial charge in [-0.05, 0) is 36.4 Å². The van der Waals surface area contributed by atoms with Crippen LogP contribution in [0, 0.1) is 11.7 Å². The largest absolute Gasteiger partial charge is 0.463 e. The number of fused-ring (bicyclic) bond motifs is 1. The number of thioether (sulfide) groups is 1. The fraction of sp³-hybridized carbons (Fsp3) is 0.500. The normalized spacial score (nSPS) is 19.1. The van der Waals surface area contributed by atoms with E-state index in [9.17, 15) is 9.18 Å². The number of esters is 1. The number of carbonyl (C=O) groups is 1. The van der Waals surface area contributed by atoms with Crippen molar-refractivity contribution in [2.24, 2.45) is 15.9 Å². The number of ether oxygens (including phenoxy) is 2. The summed E-state index contributed by atoms with van der Waals surface area (Å²) in [5.41, 5.74) is 2.00. The smallest absolute Gasteiger partial charge is 0.338 e. The lowest BCUT2D eigenvalue weighted by atomic mass is 9.94. The van der Waals surface area contributed by atoms with Crippen LogP contribution in [0.5, 0.6) is 0 Å². The molecule has 0 spiro atoms. The quantitative estimate of drug-likeness (QED) is 0.205. The van der Waals surface area contributed by atoms with E-state index in [1.807, 2.05) is 32.6 Å². The highest BCUT2D eigenvalue weighted by Gasteiger charge is 2.42. The van der Waals surface area contributed by atoms with Crippen LogP contribution in [0.1, 0.15) is 52.6 Å². The number of methoxy groups -OCH3 is 1. The molecule has 6 nitrogen and oxygen atoms in total. The second-order valence-corrected chi connectivity index (χ2v) is 8.86. The van der Waals surface area contributed by atoms with Gasteiger partial charge < -0.3 is 14.4 Å². The first-order valence-electron chi connectivity index (χ1n) is 11.9. The van der Waals surface area contributed by atoms with E-state index in [4.69, 9.17) is 14.5 Å². The minimum Gasteiger partial charge on any atom is -0.463 e. The van der Waals surface area contributed by atoms with Gasteiger partial charge in [0.1, 0.15) is 16.9 Å². The zero-order chi connectivity index (χ0) is 26.5. The van der Waals surface area contributed by atoms with Crippen LogP contribution in [0.2, 0.25) is 0 Å². The van der Waals surface area contributed by atoms with Crippen LogP contribution in [-0.4, -0.2) is 55.7 Å². The molecule has 2 unspecified atom stereocenters. The molecule has 2 aliphatic rings. The van der Waals surface area contributed by atoms with Crippen molar-refractivity contribution < 1.29 is 18.7 Å². The van der Waals surface area contributed by atoms with Gasteiger partial charge in [-0.2, -0.15) is 0 Å². The van der Waals surface area contributed by atoms with Gasteiger partial charge in [-0.1, -0.05) is 68.0 Å². The molecule has 9 heteroatoms. The van der Waals surface area contributed by atoms with Crippen molar-refractivity contribution in [1.29, 1.82) is 0 Å². The Hall–Kier alpha value is -1.97. The van der Waals surface area contributed by atoms with Crippen molar-refractivity contribution in [2.75, 3.05) is 33.9 Å². The highest BCUT2D eigenvalue weighted by atomic mass is 79.9. The van der Waals surface area contributed by atoms with E-state index in [1.165, 1.54) is 23.9 Å². The molecule has 2 heterocycles. The maximum atomic E-state index is 13.8. The van der Waals surface area contributed by atoms with Gasteiger partial charge in [-0.25, -0.2) is 9.18 Å². The monoisotopic (exact) mass is 569 g/mol. The van der Waals surface area contributed by atoms with E-state index in [0.717, 1.165) is 5.70 Å². The topological polar surface area (TPSA) is 63.5 Å². The van der Waals surface area contributed by atoms with Crippen LogP contribution in [0.15, 0.2) is 55.9 Å². The van der Waals surface area contributed by atoms with E-state index in [1.54, 1.807) is 32.6 Å². The van der Waals surface area contributed by atoms with Crippen LogP contribution in [0.4, 0.5) is 4.39 Å². The molecule has 0 aliphatic carbocycles. The maximum Gasteiger partial charge on any atom is 0.338 e. The standard InChI is InChI=1S/C22H25BrFN3O3S.2C2H6/c1-5-30-22(28)18-17-9-13(12-29-4)11-27(17)20(21(25-3)31-6-2)26-19(18)15-8-7-14(24)10-16(15)23;2*1-2/h6-8,10,13,19H,2,5,9,11-12H2,1,3-4H3;2*1-2H3. The lowest BCUT2D eigenvalue weighted by Gasteiger charge is -2.32. The molecule has 1 fully saturated rings. The third kappa shape index (κ3) is 7.51. The van der Waals surface area contributed by atoms with Gasteiger partial charge in [-0.3, -0.25) is 9.98 Å². The number of amidine groups is 1. The summed E-state index contributed by atoms with van der Waals surface area (Å²) in [6, 6.07) is 3.73. The molecule has 0 N–H and O–H groups in total. The van der Waals surface area contributed by atoms with Crippen LogP contribution in [0.3, 0.4) is 0 Å². The van der Waals surface area contributed by atoms with Gasteiger partial charge in [-0.15, -0.1) is 0 Å². The Balaban J connectivity index is 0.00000145. The van der Waals surface area contributed by atoms with Gasteiger partial charge in [0.05, 0.1) is 18.8 Å². The molecule has 1 saturated heterocycles. The summed E-state index contributed by atoms with van der Waals surface area (Å²) in [5, 5.41) is 2.39. The van der Waals surface area contributed by atoms with Gasteiger partial charge in [0.15, 0.2) is 5.84 Å². The van der Waals surface area contributed by atoms with E-state index in [-0.39, 0.29) is 18.3 Å². The highest BCUT2D eigenvalue weighted by Crippen LogP contribution is 2.43. The predicted molar refractivity (Wildman–Crippen MR) is 148 cm³/mol. The van der Waals surface area contributed by atoms with Crippen molar-refractivity contribution in [1.82, 2.24) is 4.90 Å². The number of hydrogen-bond acceptors (Lipinski definition) is 7. The van der Waals surface area contributed by atoms with Crippen molar-refractivity contribution in [2.45, 2.75) is 47.1 Å². The van der Waals surface area contributed by atoms with E-state index >= 15 is 0 Å². The average molecular weight is 571 g/mol. The molecule has 0 bridgehead atoms. The first-order chi connectivity index (χ1) is 16.9. The number of benzene rings is 1. The fourth-order valence-electron chi connectivity index (χ4n) is 3.89. The molecule has 0 radical (unpaired) electrons. The predicted octanol–water partition coefficient (Wildman–Crippen LogP) is 6.78. The summed E-state index contributed by atoms with van der Waals surface area (Å²) in [5.74, 6) is 0.0600. The van der Waals surface area contributed by atoms with Gasteiger partial charge in [0, 0.05) is 36.8 Å². The van der Waals surface area contributed by atoms with E-state index in [0.29, 0.717) is 46.1 Å². The molecule has 1 aromatic carbocycles. The number of allylic oxidation sites excluding steroid dienone is 1. The molecule has 2 aliphatic heterocycles. The van der Waals surface area contributed by atoms with Crippen molar-refractivity contribution in [3.8, 4) is 0 Å². The first kappa shape index (κ1) is 31.1. The summed E-state index contributed by atoms with van der Waals surface area (Å²) in [6.45, 7) is 15.0. The molecule has 35 heavy (non-hydrogen) atoms. The number of hydrogen-bond donors (Lipinski definition) is 0. The molecular weight excluding hydrogens is 533 g/mol. The van der Waals surface area contributed by atoms with E-state index < -0.39 is 12.0 Å². The van der Waals surface area contributed by atoms with Crippen LogP contribution in [-0.2, 0) is 14.3 Å². The summed E-state index contributed by atoms with van der Waals surface area (Å²) < 4.78 is 25.1. The van der Waals surface area contributed by atoms with Gasteiger partial charge in [0.25, 0.3) is 0 Å². The summed E-state index contributed by atoms with van der Waals surface area (Å²) in [7, 11) is 3.36. The van der Waals surface area contributed by atoms with Crippen molar-refractivity contribution in [3.05, 3.63) is 57.3 Å². The number of nitrogens with zero attached hydrogens (tertiary/aromatic N) is 3. The number of carbonyl (C=O) groups excluding carboxylic acids is 1. The number of rotatable bonds is 7. The molecule has 0 aromatic heterocycles. The molecule has 194 valence electrons. The Morgan fingerprint density at radius 3 is 2.60 bits per heavy atom. The Labute approximate surface area is 221 Å². The van der Waals surface area contributed by atoms with Crippen LogP contribution < -0.4 is 0 Å². The maximum absolute atomic E-state index is 13.8. The lowest BCUT2D eigenvalue weighted by molar-refractivity contribution is -0.139. The minimum atomic E-state index is -0.654. The third-order valence-corrected chi connectivity index (χ3v) is 6.53. The SMILES string of the molecule is C=CSC(=NC)C1=NC(c2ccc(F)cc2Br)C(C(=O)OCC)=C2CC(COC)CN12.CC.CC. The van der Waals surface area contributed by atoms with Gasteiger partial charge >= 0.3 is 5.97 Å². The summed E-state index contributed by atoms with van der Waals surface area (Å²) in [4.78, 5) is 24.5. The fourth-order valence-corrected chi connectivity index (χ4v) is 4.99. The summed E-state index contributed by atoms with van der Waals surface area (Å²) in [6.07, 6.45) is 0.645. The average Bonchev–Trinajstić information content (AvgIpc) is 3.28. The van der Waals surface area contributed by atoms with Crippen molar-refractivity contribution >= 4 is 44.5 Å². The van der Waals surface area contributed by atoms with Crippen LogP contribution >= 0.6 is 27.7 Å². The molecule has 2 atom stereocenters. The molecule has 1 aromatic rings. The Morgan fingerprint density at radius 2 is 2.06 bits per heavy atom. The molecule has 0 amide bonds. The number of halogens is 2. The van der Waals surface area contributed by atoms with E-state index in [2.05, 4.69) is 27.5 Å². The first-order valence-corrected chi connectivity index (χ1v) is 13.6. The molecule has 3 rings (SSSR count). The second-order valence-electron chi connectivity index (χ2n) is 7.05. The highest BCUT2D eigenvalue weighted by molar-refractivity contribution is 9.10. The zero-order valence-corrected chi connectivity index (χ0v) is 24.1. The lowest BCUT2D eigenvalue weighted by Crippen LogP contribution is -2.38. The molecular formula is C26H37BrFN3O3S. The Bertz CT molecular complexity index is 965. The minimum absolute atomic E-state index is 0.192. The second kappa shape index (κ2) is 15.9. The van der Waals surface area contributed by atoms with Gasteiger partial charge in [0.2, 0.25) is 0 Å². The number of aliphatic imine (C=N–C) groups is 2.